The lowest BCUT2D eigenvalue weighted by Crippen LogP contribution is -2.42. The molecule has 0 atom stereocenters. The molecule has 0 aliphatic rings. The number of urea groups is 1. The third-order valence-electron chi connectivity index (χ3n) is 3.41. The summed E-state index contributed by atoms with van der Waals surface area (Å²) in [6.07, 6.45) is 0.673. The Labute approximate surface area is 163 Å². The highest BCUT2D eigenvalue weighted by Gasteiger charge is 2.13. The minimum Gasteiger partial charge on any atom is -0.494 e. The molecule has 0 radical (unpaired) electrons. The van der Waals surface area contributed by atoms with Crippen molar-refractivity contribution in [3.63, 3.8) is 0 Å². The molecule has 28 heavy (non-hydrogen) atoms. The van der Waals surface area contributed by atoms with Gasteiger partial charge in [-0.1, -0.05) is 6.92 Å². The van der Waals surface area contributed by atoms with Crippen molar-refractivity contribution in [1.29, 1.82) is 0 Å². The van der Waals surface area contributed by atoms with Gasteiger partial charge in [0, 0.05) is 25.6 Å². The van der Waals surface area contributed by atoms with Crippen molar-refractivity contribution < 1.29 is 33.4 Å². The van der Waals surface area contributed by atoms with Crippen molar-refractivity contribution in [2.24, 2.45) is 0 Å². The van der Waals surface area contributed by atoms with Gasteiger partial charge in [-0.2, -0.15) is 0 Å². The Morgan fingerprint density at radius 3 is 2.36 bits per heavy atom. The van der Waals surface area contributed by atoms with Gasteiger partial charge in [0.1, 0.15) is 5.75 Å². The Kier molecular flexibility index (Phi) is 10.9. The molecule has 0 aliphatic heterocycles. The number of esters is 1. The topological polar surface area (TPSA) is 120 Å². The normalized spacial score (nSPS) is 10.1. The molecule has 9 heteroatoms. The van der Waals surface area contributed by atoms with Crippen molar-refractivity contribution in [2.75, 3.05) is 33.5 Å². The van der Waals surface area contributed by atoms with E-state index < -0.39 is 24.5 Å². The first-order chi connectivity index (χ1) is 13.5. The smallest absolute Gasteiger partial charge is 0.321 e. The number of ether oxygens (including phenoxy) is 3. The van der Waals surface area contributed by atoms with Crippen LogP contribution in [0.3, 0.4) is 0 Å². The van der Waals surface area contributed by atoms with E-state index in [4.69, 9.17) is 14.2 Å². The number of imide groups is 1. The van der Waals surface area contributed by atoms with E-state index in [-0.39, 0.29) is 25.2 Å². The van der Waals surface area contributed by atoms with Crippen LogP contribution in [0.15, 0.2) is 24.3 Å². The van der Waals surface area contributed by atoms with E-state index in [0.29, 0.717) is 24.5 Å². The van der Waals surface area contributed by atoms with Crippen molar-refractivity contribution in [1.82, 2.24) is 10.6 Å². The molecule has 1 rings (SSSR count). The number of nitrogens with one attached hydrogen (secondary N) is 2. The highest BCUT2D eigenvalue weighted by molar-refractivity contribution is 5.98. The molecule has 1 aromatic rings. The summed E-state index contributed by atoms with van der Waals surface area (Å²) in [6, 6.07) is 5.95. The Morgan fingerprint density at radius 1 is 1.00 bits per heavy atom. The summed E-state index contributed by atoms with van der Waals surface area (Å²) in [5.74, 6) is -1.01. The molecule has 2 N–H and O–H groups in total. The zero-order chi connectivity index (χ0) is 20.8. The maximum atomic E-state index is 12.1. The van der Waals surface area contributed by atoms with Crippen LogP contribution in [0.5, 0.6) is 5.75 Å². The van der Waals surface area contributed by atoms with Crippen LogP contribution in [-0.2, 0) is 19.1 Å². The number of rotatable bonds is 12. The van der Waals surface area contributed by atoms with Crippen molar-refractivity contribution in [3.8, 4) is 5.75 Å². The predicted molar refractivity (Wildman–Crippen MR) is 100 cm³/mol. The van der Waals surface area contributed by atoms with E-state index in [1.807, 2.05) is 12.2 Å². The van der Waals surface area contributed by atoms with E-state index in [1.54, 1.807) is 24.3 Å². The Bertz CT molecular complexity index is 659. The summed E-state index contributed by atoms with van der Waals surface area (Å²) < 4.78 is 14.9. The number of hydrogen-bond acceptors (Lipinski definition) is 7. The molecule has 0 heterocycles. The lowest BCUT2D eigenvalue weighted by atomic mass is 10.1. The fraction of sp³-hybridized carbons (Fsp3) is 0.474. The molecule has 3 amide bonds. The summed E-state index contributed by atoms with van der Waals surface area (Å²) in [6.45, 7) is 2.54. The molecule has 1 aromatic carbocycles. The minimum atomic E-state index is -0.766. The molecule has 0 saturated heterocycles. The van der Waals surface area contributed by atoms with Gasteiger partial charge in [-0.25, -0.2) is 4.79 Å². The highest BCUT2D eigenvalue weighted by Crippen LogP contribution is 2.14. The van der Waals surface area contributed by atoms with Crippen LogP contribution in [-0.4, -0.2) is 57.2 Å². The van der Waals surface area contributed by atoms with Gasteiger partial charge in [0.25, 0.3) is 5.91 Å². The second-order valence-corrected chi connectivity index (χ2v) is 5.75. The van der Waals surface area contributed by atoms with E-state index in [2.05, 4.69) is 5.32 Å². The molecule has 0 bridgehead atoms. The second kappa shape index (κ2) is 13.3. The maximum Gasteiger partial charge on any atom is 0.321 e. The Hall–Kier alpha value is -2.94. The number of carbonyl (C=O) groups excluding carboxylic acids is 4. The van der Waals surface area contributed by atoms with Crippen molar-refractivity contribution >= 4 is 23.7 Å². The quantitative estimate of drug-likeness (QED) is 0.313. The van der Waals surface area contributed by atoms with Crippen LogP contribution >= 0.6 is 0 Å². The Balaban J connectivity index is 2.27. The van der Waals surface area contributed by atoms with Crippen LogP contribution in [0.4, 0.5) is 4.79 Å². The fourth-order valence-corrected chi connectivity index (χ4v) is 2.01. The summed E-state index contributed by atoms with van der Waals surface area (Å²) in [5, 5.41) is 4.39. The first-order valence-electron chi connectivity index (χ1n) is 8.94. The number of benzene rings is 1. The third kappa shape index (κ3) is 9.67. The van der Waals surface area contributed by atoms with Gasteiger partial charge in [0.15, 0.2) is 12.4 Å². The number of carbonyl (C=O) groups is 4. The zero-order valence-corrected chi connectivity index (χ0v) is 16.1. The number of amides is 3. The molecular formula is C19H26N2O7. The van der Waals surface area contributed by atoms with Crippen molar-refractivity contribution in [2.45, 2.75) is 26.2 Å². The van der Waals surface area contributed by atoms with Gasteiger partial charge in [0.2, 0.25) is 0 Å². The summed E-state index contributed by atoms with van der Waals surface area (Å²) in [4.78, 5) is 46.6. The van der Waals surface area contributed by atoms with Crippen LogP contribution in [0, 0.1) is 0 Å². The number of Topliss-reactive ketones (excluding diaryl/α,β-unsaturated/α-hetero) is 1. The molecule has 0 spiro atoms. The summed E-state index contributed by atoms with van der Waals surface area (Å²) in [5.41, 5.74) is 0.460. The van der Waals surface area contributed by atoms with Gasteiger partial charge in [-0.3, -0.25) is 19.7 Å². The van der Waals surface area contributed by atoms with Gasteiger partial charge >= 0.3 is 12.0 Å². The molecular weight excluding hydrogens is 368 g/mol. The average Bonchev–Trinajstić information content (AvgIpc) is 2.69. The SMILES string of the molecule is CCCOc1ccc(C(=O)CCC(=O)OCC(=O)NC(=O)NCCOC)cc1. The maximum absolute atomic E-state index is 12.1. The van der Waals surface area contributed by atoms with E-state index in [1.165, 1.54) is 7.11 Å². The van der Waals surface area contributed by atoms with Crippen LogP contribution in [0.2, 0.25) is 0 Å². The molecule has 0 fully saturated rings. The van der Waals surface area contributed by atoms with Crippen LogP contribution < -0.4 is 15.4 Å². The van der Waals surface area contributed by atoms with E-state index >= 15 is 0 Å². The lowest BCUT2D eigenvalue weighted by molar-refractivity contribution is -0.148. The molecule has 154 valence electrons. The second-order valence-electron chi connectivity index (χ2n) is 5.75. The summed E-state index contributed by atoms with van der Waals surface area (Å²) >= 11 is 0. The lowest BCUT2D eigenvalue weighted by Gasteiger charge is -2.07. The van der Waals surface area contributed by atoms with Crippen LogP contribution in [0.1, 0.15) is 36.5 Å². The molecule has 0 unspecified atom stereocenters. The van der Waals surface area contributed by atoms with Gasteiger partial charge in [0.05, 0.1) is 19.6 Å². The molecule has 9 nitrogen and oxygen atoms in total. The third-order valence-corrected chi connectivity index (χ3v) is 3.41. The predicted octanol–water partition coefficient (Wildman–Crippen LogP) is 1.45. The number of hydrogen-bond donors (Lipinski definition) is 2. The number of ketones is 1. The van der Waals surface area contributed by atoms with Gasteiger partial charge < -0.3 is 19.5 Å². The first kappa shape index (κ1) is 23.1. The molecule has 0 aliphatic carbocycles. The fourth-order valence-electron chi connectivity index (χ4n) is 2.01. The standard InChI is InChI=1S/C19H26N2O7/c1-3-11-27-15-6-4-14(5-7-15)16(22)8-9-18(24)28-13-17(23)21-19(25)20-10-12-26-2/h4-7H,3,8-13H2,1-2H3,(H2,20,21,23,25). The van der Waals surface area contributed by atoms with E-state index in [9.17, 15) is 19.2 Å². The van der Waals surface area contributed by atoms with Gasteiger partial charge in [-0.15, -0.1) is 0 Å². The number of methoxy groups -OCH3 is 1. The Morgan fingerprint density at radius 2 is 1.71 bits per heavy atom. The largest absolute Gasteiger partial charge is 0.494 e. The zero-order valence-electron chi connectivity index (χ0n) is 16.1. The van der Waals surface area contributed by atoms with Crippen molar-refractivity contribution in [3.05, 3.63) is 29.8 Å². The minimum absolute atomic E-state index is 0.0485. The van der Waals surface area contributed by atoms with Crippen LogP contribution in [0.25, 0.3) is 0 Å². The van der Waals surface area contributed by atoms with Gasteiger partial charge in [-0.05, 0) is 30.7 Å². The molecule has 0 saturated carbocycles. The summed E-state index contributed by atoms with van der Waals surface area (Å²) in [7, 11) is 1.48. The monoisotopic (exact) mass is 394 g/mol. The highest BCUT2D eigenvalue weighted by atomic mass is 16.5. The van der Waals surface area contributed by atoms with E-state index in [0.717, 1.165) is 6.42 Å². The first-order valence-corrected chi connectivity index (χ1v) is 8.94. The average molecular weight is 394 g/mol. The molecule has 0 aromatic heterocycles.